The van der Waals surface area contributed by atoms with Gasteiger partial charge in [0.15, 0.2) is 6.10 Å². The number of piperidine rings is 1. The van der Waals surface area contributed by atoms with Gasteiger partial charge in [0.1, 0.15) is 11.8 Å². The Morgan fingerprint density at radius 1 is 1.48 bits per heavy atom. The molecule has 1 aliphatic heterocycles. The zero-order valence-corrected chi connectivity index (χ0v) is 14.5. The van der Waals surface area contributed by atoms with Crippen LogP contribution in [0.1, 0.15) is 42.6 Å². The molecule has 1 fully saturated rings. The Hall–Kier alpha value is -2.81. The van der Waals surface area contributed by atoms with Gasteiger partial charge in [-0.2, -0.15) is 10.4 Å². The van der Waals surface area contributed by atoms with E-state index in [4.69, 9.17) is 10.00 Å². The van der Waals surface area contributed by atoms with Crippen molar-refractivity contribution < 1.29 is 9.53 Å². The molecule has 0 radical (unpaired) electrons. The number of nitriles is 1. The monoisotopic (exact) mass is 338 g/mol. The van der Waals surface area contributed by atoms with Crippen LogP contribution in [0, 0.1) is 18.3 Å². The lowest BCUT2D eigenvalue weighted by Gasteiger charge is -2.33. The summed E-state index contributed by atoms with van der Waals surface area (Å²) in [5.41, 5.74) is 2.48. The summed E-state index contributed by atoms with van der Waals surface area (Å²) >= 11 is 0. The molecule has 6 nitrogen and oxygen atoms in total. The van der Waals surface area contributed by atoms with Gasteiger partial charge in [0.2, 0.25) is 0 Å². The molecule has 130 valence electrons. The number of carbonyl (C=O) groups excluding carboxylic acids is 1. The second-order valence-corrected chi connectivity index (χ2v) is 6.47. The standard InChI is InChI=1S/C19H22N4O2/c1-13-10-17(22-21-13)16-7-5-9-23(12-16)19(24)14(2)25-18-8-4-3-6-15(18)11-20/h3-4,6,8,10,14,16H,5,7,9,12H2,1-2H3,(H,21,22). The molecule has 0 bridgehead atoms. The Morgan fingerprint density at radius 3 is 3.00 bits per heavy atom. The van der Waals surface area contributed by atoms with Gasteiger partial charge in [0, 0.05) is 24.7 Å². The molecule has 2 aromatic rings. The molecule has 1 aromatic carbocycles. The van der Waals surface area contributed by atoms with Crippen molar-refractivity contribution in [3.8, 4) is 11.8 Å². The number of aromatic amines is 1. The molecule has 0 spiro atoms. The van der Waals surface area contributed by atoms with Gasteiger partial charge < -0.3 is 9.64 Å². The first-order chi connectivity index (χ1) is 12.1. The fraction of sp³-hybridized carbons (Fsp3) is 0.421. The van der Waals surface area contributed by atoms with Gasteiger partial charge >= 0.3 is 0 Å². The molecule has 6 heteroatoms. The van der Waals surface area contributed by atoms with Crippen LogP contribution in [-0.2, 0) is 4.79 Å². The average Bonchev–Trinajstić information content (AvgIpc) is 3.08. The third kappa shape index (κ3) is 3.82. The third-order valence-corrected chi connectivity index (χ3v) is 4.54. The van der Waals surface area contributed by atoms with Crippen LogP contribution in [0.2, 0.25) is 0 Å². The van der Waals surface area contributed by atoms with Gasteiger partial charge in [-0.25, -0.2) is 0 Å². The minimum absolute atomic E-state index is 0.0512. The molecule has 1 saturated heterocycles. The summed E-state index contributed by atoms with van der Waals surface area (Å²) < 4.78 is 5.76. The van der Waals surface area contributed by atoms with E-state index in [1.54, 1.807) is 31.2 Å². The molecule has 2 atom stereocenters. The molecule has 2 unspecified atom stereocenters. The molecule has 2 heterocycles. The van der Waals surface area contributed by atoms with Crippen LogP contribution in [0.4, 0.5) is 0 Å². The lowest BCUT2D eigenvalue weighted by Crippen LogP contribution is -2.45. The number of H-pyrrole nitrogens is 1. The number of nitrogens with one attached hydrogen (secondary N) is 1. The van der Waals surface area contributed by atoms with E-state index in [9.17, 15) is 4.79 Å². The number of nitrogens with zero attached hydrogens (tertiary/aromatic N) is 3. The maximum atomic E-state index is 12.8. The van der Waals surface area contributed by atoms with Gasteiger partial charge in [-0.15, -0.1) is 0 Å². The van der Waals surface area contributed by atoms with E-state index >= 15 is 0 Å². The van der Waals surface area contributed by atoms with E-state index in [0.29, 0.717) is 17.9 Å². The summed E-state index contributed by atoms with van der Waals surface area (Å²) in [5.74, 6) is 0.647. The largest absolute Gasteiger partial charge is 0.480 e. The minimum Gasteiger partial charge on any atom is -0.480 e. The second kappa shape index (κ2) is 7.39. The summed E-state index contributed by atoms with van der Waals surface area (Å²) in [6.07, 6.45) is 1.35. The van der Waals surface area contributed by atoms with Gasteiger partial charge in [-0.1, -0.05) is 12.1 Å². The van der Waals surface area contributed by atoms with Gasteiger partial charge in [0.05, 0.1) is 11.3 Å². The highest BCUT2D eigenvalue weighted by molar-refractivity contribution is 5.81. The first kappa shape index (κ1) is 17.0. The molecule has 3 rings (SSSR count). The lowest BCUT2D eigenvalue weighted by atomic mass is 9.94. The normalized spacial score (nSPS) is 18.4. The Balaban J connectivity index is 1.66. The fourth-order valence-corrected chi connectivity index (χ4v) is 3.23. The van der Waals surface area contributed by atoms with Crippen molar-refractivity contribution in [1.82, 2.24) is 15.1 Å². The van der Waals surface area contributed by atoms with E-state index in [-0.39, 0.29) is 11.8 Å². The molecule has 1 aliphatic rings. The second-order valence-electron chi connectivity index (χ2n) is 6.47. The Kier molecular flexibility index (Phi) is 5.03. The van der Waals surface area contributed by atoms with E-state index in [0.717, 1.165) is 30.8 Å². The van der Waals surface area contributed by atoms with Crippen LogP contribution in [0.15, 0.2) is 30.3 Å². The predicted octanol–water partition coefficient (Wildman–Crippen LogP) is 2.76. The number of benzene rings is 1. The summed E-state index contributed by atoms with van der Waals surface area (Å²) in [7, 11) is 0. The number of aromatic nitrogens is 2. The van der Waals surface area contributed by atoms with Crippen molar-refractivity contribution >= 4 is 5.91 Å². The van der Waals surface area contributed by atoms with Crippen molar-refractivity contribution in [3.05, 3.63) is 47.3 Å². The Labute approximate surface area is 147 Å². The van der Waals surface area contributed by atoms with Crippen molar-refractivity contribution in [2.45, 2.75) is 38.7 Å². The zero-order valence-electron chi connectivity index (χ0n) is 14.5. The quantitative estimate of drug-likeness (QED) is 0.929. The average molecular weight is 338 g/mol. The molecule has 1 N–H and O–H groups in total. The lowest BCUT2D eigenvalue weighted by molar-refractivity contribution is -0.139. The maximum Gasteiger partial charge on any atom is 0.263 e. The smallest absolute Gasteiger partial charge is 0.263 e. The van der Waals surface area contributed by atoms with E-state index in [2.05, 4.69) is 16.3 Å². The number of aryl methyl sites for hydroxylation is 1. The first-order valence-electron chi connectivity index (χ1n) is 8.55. The SMILES string of the molecule is Cc1cc(C2CCCN(C(=O)C(C)Oc3ccccc3C#N)C2)n[nH]1. The summed E-state index contributed by atoms with van der Waals surface area (Å²) in [6, 6.07) is 11.1. The van der Waals surface area contributed by atoms with Gasteiger partial charge in [-0.05, 0) is 44.9 Å². The highest BCUT2D eigenvalue weighted by atomic mass is 16.5. The van der Waals surface area contributed by atoms with E-state index < -0.39 is 6.10 Å². The minimum atomic E-state index is -0.630. The third-order valence-electron chi connectivity index (χ3n) is 4.54. The number of carbonyl (C=O) groups is 1. The van der Waals surface area contributed by atoms with Crippen LogP contribution in [0.3, 0.4) is 0 Å². The highest BCUT2D eigenvalue weighted by Crippen LogP contribution is 2.27. The number of likely N-dealkylation sites (tertiary alicyclic amines) is 1. The predicted molar refractivity (Wildman–Crippen MR) is 93.1 cm³/mol. The van der Waals surface area contributed by atoms with Crippen LogP contribution in [0.5, 0.6) is 5.75 Å². The molecule has 0 saturated carbocycles. The molecule has 0 aliphatic carbocycles. The fourth-order valence-electron chi connectivity index (χ4n) is 3.23. The van der Waals surface area contributed by atoms with Gasteiger partial charge in [0.25, 0.3) is 5.91 Å². The van der Waals surface area contributed by atoms with Crippen molar-refractivity contribution in [1.29, 1.82) is 5.26 Å². The van der Waals surface area contributed by atoms with Crippen LogP contribution >= 0.6 is 0 Å². The number of amides is 1. The molecular formula is C19H22N4O2. The summed E-state index contributed by atoms with van der Waals surface area (Å²) in [5, 5.41) is 16.5. The Morgan fingerprint density at radius 2 is 2.28 bits per heavy atom. The first-order valence-corrected chi connectivity index (χ1v) is 8.55. The highest BCUT2D eigenvalue weighted by Gasteiger charge is 2.29. The van der Waals surface area contributed by atoms with Crippen molar-refractivity contribution in [2.75, 3.05) is 13.1 Å². The number of ether oxygens (including phenoxy) is 1. The molecule has 25 heavy (non-hydrogen) atoms. The number of para-hydroxylation sites is 1. The number of hydrogen-bond donors (Lipinski definition) is 1. The molecule has 1 aromatic heterocycles. The van der Waals surface area contributed by atoms with Crippen molar-refractivity contribution in [2.24, 2.45) is 0 Å². The van der Waals surface area contributed by atoms with Gasteiger partial charge in [-0.3, -0.25) is 9.89 Å². The number of rotatable bonds is 4. The molecule has 1 amide bonds. The summed E-state index contributed by atoms with van der Waals surface area (Å²) in [4.78, 5) is 14.6. The Bertz CT molecular complexity index is 793. The summed E-state index contributed by atoms with van der Waals surface area (Å²) in [6.45, 7) is 5.09. The van der Waals surface area contributed by atoms with Crippen molar-refractivity contribution in [3.63, 3.8) is 0 Å². The van der Waals surface area contributed by atoms with Crippen LogP contribution < -0.4 is 4.74 Å². The van der Waals surface area contributed by atoms with E-state index in [1.807, 2.05) is 17.9 Å². The maximum absolute atomic E-state index is 12.8. The topological polar surface area (TPSA) is 82.0 Å². The number of hydrogen-bond acceptors (Lipinski definition) is 4. The van der Waals surface area contributed by atoms with Crippen LogP contribution in [-0.4, -0.2) is 40.2 Å². The zero-order chi connectivity index (χ0) is 17.8. The van der Waals surface area contributed by atoms with Crippen LogP contribution in [0.25, 0.3) is 0 Å². The molecular weight excluding hydrogens is 316 g/mol. The van der Waals surface area contributed by atoms with E-state index in [1.165, 1.54) is 0 Å².